The standard InChI is InChI=1S/2C8H12.CH2O.Co/c2*1-2-4-6-8-7-5-3-1;1-2;/h2*1-2,7-8H,3-6H2;1H2;. The first-order valence-corrected chi connectivity index (χ1v) is 6.89. The Morgan fingerprint density at radius 2 is 0.526 bits per heavy atom. The normalized spacial score (nSPS) is 17.1. The molecule has 2 aliphatic carbocycles. The maximum absolute atomic E-state index is 8.00. The summed E-state index contributed by atoms with van der Waals surface area (Å²) in [5.41, 5.74) is 0. The van der Waals surface area contributed by atoms with Crippen LogP contribution >= 0.6 is 0 Å². The van der Waals surface area contributed by atoms with E-state index in [0.29, 0.717) is 0 Å². The topological polar surface area (TPSA) is 17.1 Å². The van der Waals surface area contributed by atoms with Crippen LogP contribution in [-0.4, -0.2) is 6.79 Å². The van der Waals surface area contributed by atoms with Crippen molar-refractivity contribution in [3.05, 3.63) is 48.6 Å². The second-order valence-electron chi connectivity index (χ2n) is 4.20. The van der Waals surface area contributed by atoms with Crippen molar-refractivity contribution in [2.24, 2.45) is 0 Å². The van der Waals surface area contributed by atoms with Gasteiger partial charge in [-0.1, -0.05) is 48.6 Å². The summed E-state index contributed by atoms with van der Waals surface area (Å²) in [6.45, 7) is 2.00. The number of carbonyl (C=O) groups is 1. The maximum atomic E-state index is 8.00. The van der Waals surface area contributed by atoms with E-state index in [2.05, 4.69) is 48.6 Å². The third-order valence-corrected chi connectivity index (χ3v) is 2.67. The van der Waals surface area contributed by atoms with E-state index in [-0.39, 0.29) is 16.8 Å². The van der Waals surface area contributed by atoms with Gasteiger partial charge >= 0.3 is 0 Å². The molecule has 1 radical (unpaired) electrons. The Balaban J connectivity index is 0. The molecule has 0 aromatic carbocycles. The molecular formula is C17H26CoO. The number of carbonyl (C=O) groups excluding carboxylic acids is 1. The van der Waals surface area contributed by atoms with E-state index in [0.717, 1.165) is 0 Å². The molecule has 2 rings (SSSR count). The Morgan fingerprint density at radius 1 is 0.421 bits per heavy atom. The number of allylic oxidation sites excluding steroid dienone is 8. The van der Waals surface area contributed by atoms with Gasteiger partial charge in [-0.15, -0.1) is 0 Å². The molecule has 0 aromatic heterocycles. The molecule has 0 atom stereocenters. The quantitative estimate of drug-likeness (QED) is 0.565. The minimum Gasteiger partial charge on any atom is -0.307 e. The van der Waals surface area contributed by atoms with Gasteiger partial charge in [0.1, 0.15) is 6.79 Å². The summed E-state index contributed by atoms with van der Waals surface area (Å²) in [6.07, 6.45) is 28.0. The maximum Gasteiger partial charge on any atom is 0.106 e. The van der Waals surface area contributed by atoms with E-state index < -0.39 is 0 Å². The van der Waals surface area contributed by atoms with Crippen LogP contribution in [0.15, 0.2) is 48.6 Å². The van der Waals surface area contributed by atoms with Gasteiger partial charge in [0, 0.05) is 16.8 Å². The molecule has 2 heteroatoms. The van der Waals surface area contributed by atoms with Crippen molar-refractivity contribution in [3.63, 3.8) is 0 Å². The van der Waals surface area contributed by atoms with Crippen LogP contribution < -0.4 is 0 Å². The summed E-state index contributed by atoms with van der Waals surface area (Å²) < 4.78 is 0. The van der Waals surface area contributed by atoms with Crippen LogP contribution in [-0.2, 0) is 21.6 Å². The summed E-state index contributed by atoms with van der Waals surface area (Å²) in [4.78, 5) is 8.00. The van der Waals surface area contributed by atoms with E-state index in [9.17, 15) is 0 Å². The monoisotopic (exact) mass is 305 g/mol. The average Bonchev–Trinajstić information content (AvgIpc) is 2.30. The summed E-state index contributed by atoms with van der Waals surface area (Å²) >= 11 is 0. The van der Waals surface area contributed by atoms with Crippen molar-refractivity contribution in [1.82, 2.24) is 0 Å². The Morgan fingerprint density at radius 3 is 0.632 bits per heavy atom. The zero-order valence-corrected chi connectivity index (χ0v) is 12.8. The number of rotatable bonds is 0. The van der Waals surface area contributed by atoms with E-state index in [1.807, 2.05) is 6.79 Å². The largest absolute Gasteiger partial charge is 0.307 e. The van der Waals surface area contributed by atoms with Crippen LogP contribution in [0, 0.1) is 0 Å². The molecule has 0 bridgehead atoms. The molecular weight excluding hydrogens is 279 g/mol. The first-order valence-electron chi connectivity index (χ1n) is 6.89. The molecule has 0 heterocycles. The third kappa shape index (κ3) is 17.1. The molecule has 0 fully saturated rings. The van der Waals surface area contributed by atoms with Gasteiger partial charge in [0.2, 0.25) is 0 Å². The molecule has 0 saturated carbocycles. The van der Waals surface area contributed by atoms with Crippen molar-refractivity contribution < 1.29 is 21.6 Å². The van der Waals surface area contributed by atoms with E-state index in [1.54, 1.807) is 0 Å². The SMILES string of the molecule is C1=CCCC=CCC1.C1=CCCC=CCC1.C=O.[Co]. The first kappa shape index (κ1) is 20.5. The van der Waals surface area contributed by atoms with Gasteiger partial charge in [-0.05, 0) is 51.4 Å². The predicted octanol–water partition coefficient (Wildman–Crippen LogP) is 5.16. The van der Waals surface area contributed by atoms with Gasteiger partial charge in [0.25, 0.3) is 0 Å². The van der Waals surface area contributed by atoms with Gasteiger partial charge in [0.15, 0.2) is 0 Å². The van der Waals surface area contributed by atoms with Crippen LogP contribution in [0.5, 0.6) is 0 Å². The molecule has 0 saturated heterocycles. The van der Waals surface area contributed by atoms with Crippen molar-refractivity contribution >= 4 is 6.79 Å². The zero-order chi connectivity index (χ0) is 13.3. The van der Waals surface area contributed by atoms with E-state index >= 15 is 0 Å². The molecule has 0 aliphatic heterocycles. The molecule has 0 amide bonds. The minimum atomic E-state index is 0. The van der Waals surface area contributed by atoms with E-state index in [1.165, 1.54) is 51.4 Å². The van der Waals surface area contributed by atoms with Crippen molar-refractivity contribution in [2.75, 3.05) is 0 Å². The van der Waals surface area contributed by atoms with Crippen LogP contribution in [0.1, 0.15) is 51.4 Å². The van der Waals surface area contributed by atoms with E-state index in [4.69, 9.17) is 4.79 Å². The first-order chi connectivity index (χ1) is 9.00. The van der Waals surface area contributed by atoms with Gasteiger partial charge in [-0.3, -0.25) is 0 Å². The van der Waals surface area contributed by atoms with Crippen LogP contribution in [0.3, 0.4) is 0 Å². The second kappa shape index (κ2) is 19.5. The summed E-state index contributed by atoms with van der Waals surface area (Å²) in [7, 11) is 0. The molecule has 2 aliphatic rings. The Labute approximate surface area is 128 Å². The number of hydrogen-bond donors (Lipinski definition) is 0. The third-order valence-electron chi connectivity index (χ3n) is 2.67. The average molecular weight is 305 g/mol. The van der Waals surface area contributed by atoms with Gasteiger partial charge < -0.3 is 4.79 Å². The van der Waals surface area contributed by atoms with Crippen LogP contribution in [0.25, 0.3) is 0 Å². The fourth-order valence-electron chi connectivity index (χ4n) is 1.71. The number of hydrogen-bond acceptors (Lipinski definition) is 1. The molecule has 109 valence electrons. The summed E-state index contributed by atoms with van der Waals surface area (Å²) in [5, 5.41) is 0. The van der Waals surface area contributed by atoms with Gasteiger partial charge in [-0.2, -0.15) is 0 Å². The minimum absolute atomic E-state index is 0. The fraction of sp³-hybridized carbons (Fsp3) is 0.471. The fourth-order valence-corrected chi connectivity index (χ4v) is 1.71. The van der Waals surface area contributed by atoms with Crippen molar-refractivity contribution in [2.45, 2.75) is 51.4 Å². The van der Waals surface area contributed by atoms with Gasteiger partial charge in [-0.25, -0.2) is 0 Å². The molecule has 0 N–H and O–H groups in total. The molecule has 0 aromatic rings. The van der Waals surface area contributed by atoms with Gasteiger partial charge in [0.05, 0.1) is 0 Å². The zero-order valence-electron chi connectivity index (χ0n) is 11.7. The van der Waals surface area contributed by atoms with Crippen molar-refractivity contribution in [1.29, 1.82) is 0 Å². The Hall–Kier alpha value is -0.864. The second-order valence-corrected chi connectivity index (χ2v) is 4.20. The molecule has 19 heavy (non-hydrogen) atoms. The Bertz CT molecular complexity index is 197. The van der Waals surface area contributed by atoms with Crippen LogP contribution in [0.4, 0.5) is 0 Å². The Kier molecular flexibility index (Phi) is 21.0. The molecule has 0 unspecified atom stereocenters. The summed E-state index contributed by atoms with van der Waals surface area (Å²) in [6, 6.07) is 0. The van der Waals surface area contributed by atoms with Crippen molar-refractivity contribution in [3.8, 4) is 0 Å². The molecule has 0 spiro atoms. The van der Waals surface area contributed by atoms with Crippen LogP contribution in [0.2, 0.25) is 0 Å². The smallest absolute Gasteiger partial charge is 0.106 e. The predicted molar refractivity (Wildman–Crippen MR) is 80.6 cm³/mol. The summed E-state index contributed by atoms with van der Waals surface area (Å²) in [5.74, 6) is 0. The molecule has 1 nitrogen and oxygen atoms in total.